The van der Waals surface area contributed by atoms with Gasteiger partial charge in [-0.05, 0) is 68.7 Å². The smallest absolute Gasteiger partial charge is 0.407 e. The average molecular weight is 607 g/mol. The molecule has 44 heavy (non-hydrogen) atoms. The van der Waals surface area contributed by atoms with E-state index in [1.807, 2.05) is 12.1 Å². The van der Waals surface area contributed by atoms with Crippen LogP contribution < -0.4 is 10.6 Å². The van der Waals surface area contributed by atoms with Crippen LogP contribution in [0.15, 0.2) is 66.8 Å². The third-order valence-corrected chi connectivity index (χ3v) is 7.29. The number of hydrogen-bond donors (Lipinski definition) is 2. The lowest BCUT2D eigenvalue weighted by Gasteiger charge is -2.33. The molecule has 2 N–H and O–H groups in total. The number of benzene rings is 2. The van der Waals surface area contributed by atoms with Crippen LogP contribution >= 0.6 is 0 Å². The van der Waals surface area contributed by atoms with Crippen molar-refractivity contribution in [2.75, 3.05) is 39.5 Å². The van der Waals surface area contributed by atoms with Gasteiger partial charge in [0, 0.05) is 16.6 Å². The van der Waals surface area contributed by atoms with Crippen molar-refractivity contribution in [1.29, 1.82) is 0 Å². The summed E-state index contributed by atoms with van der Waals surface area (Å²) in [4.78, 5) is 47.3. The number of hydrogen-bond acceptors (Lipinski definition) is 8. The second kappa shape index (κ2) is 16.3. The monoisotopic (exact) mass is 606 g/mol. The average Bonchev–Trinajstić information content (AvgIpc) is 3.26. The largest absolute Gasteiger partial charge is 0.460 e. The van der Waals surface area contributed by atoms with Gasteiger partial charge in [-0.3, -0.25) is 0 Å². The summed E-state index contributed by atoms with van der Waals surface area (Å²) in [5, 5.41) is 5.17. The number of aryl methyl sites for hydroxylation is 1. The number of fused-ring (bicyclic) bond motifs is 3. The van der Waals surface area contributed by atoms with E-state index < -0.39 is 24.1 Å². The molecule has 236 valence electrons. The van der Waals surface area contributed by atoms with E-state index in [2.05, 4.69) is 61.0 Å². The molecule has 1 aliphatic rings. The summed E-state index contributed by atoms with van der Waals surface area (Å²) < 4.78 is 20.8. The summed E-state index contributed by atoms with van der Waals surface area (Å²) in [5.74, 6) is -1.02. The van der Waals surface area contributed by atoms with Gasteiger partial charge < -0.3 is 29.6 Å². The van der Waals surface area contributed by atoms with Crippen molar-refractivity contribution in [3.05, 3.63) is 83.5 Å². The molecule has 10 heteroatoms. The Bertz CT molecular complexity index is 1330. The Morgan fingerprint density at radius 3 is 1.70 bits per heavy atom. The van der Waals surface area contributed by atoms with Crippen LogP contribution in [0.3, 0.4) is 0 Å². The van der Waals surface area contributed by atoms with Gasteiger partial charge in [-0.2, -0.15) is 0 Å². The Balaban J connectivity index is 1.58. The highest BCUT2D eigenvalue weighted by Crippen LogP contribution is 2.53. The lowest BCUT2D eigenvalue weighted by atomic mass is 9.71. The first-order valence-electron chi connectivity index (χ1n) is 14.7. The van der Waals surface area contributed by atoms with Crippen molar-refractivity contribution in [3.63, 3.8) is 0 Å². The predicted octanol–water partition coefficient (Wildman–Crippen LogP) is 5.51. The van der Waals surface area contributed by atoms with E-state index in [0.29, 0.717) is 36.8 Å². The molecule has 0 radical (unpaired) electrons. The van der Waals surface area contributed by atoms with Gasteiger partial charge in [-0.1, -0.05) is 61.2 Å². The van der Waals surface area contributed by atoms with Gasteiger partial charge >= 0.3 is 24.1 Å². The number of carbonyl (C=O) groups is 4. The minimum atomic E-state index is -0.581. The molecule has 1 aliphatic carbocycles. The first kappa shape index (κ1) is 33.9. The van der Waals surface area contributed by atoms with E-state index in [0.717, 1.165) is 5.56 Å². The fraction of sp³-hybridized carbons (Fsp3) is 0.412. The van der Waals surface area contributed by atoms with Crippen LogP contribution in [0.5, 0.6) is 0 Å². The Hall–Kier alpha value is -4.60. The molecule has 0 saturated heterocycles. The SMILES string of the molecule is C=C(C)C(=O)OCCNC(=O)OCCCC1(CCCOC(=O)NCCOC(=O)C(=C)C)c2ccccc2-c2ccc(C)cc21. The van der Waals surface area contributed by atoms with Crippen molar-refractivity contribution in [2.24, 2.45) is 0 Å². The zero-order valence-corrected chi connectivity index (χ0v) is 25.8. The van der Waals surface area contributed by atoms with Crippen LogP contribution in [0.2, 0.25) is 0 Å². The van der Waals surface area contributed by atoms with Crippen LogP contribution in [-0.2, 0) is 34.0 Å². The Morgan fingerprint density at radius 2 is 1.18 bits per heavy atom. The lowest BCUT2D eigenvalue weighted by Crippen LogP contribution is -2.31. The molecule has 0 aromatic heterocycles. The van der Waals surface area contributed by atoms with Gasteiger partial charge in [0.15, 0.2) is 0 Å². The van der Waals surface area contributed by atoms with E-state index >= 15 is 0 Å². The van der Waals surface area contributed by atoms with Crippen LogP contribution in [0, 0.1) is 6.92 Å². The van der Waals surface area contributed by atoms with Gasteiger partial charge in [0.05, 0.1) is 26.3 Å². The second-order valence-electron chi connectivity index (χ2n) is 10.8. The molecule has 2 aromatic rings. The van der Waals surface area contributed by atoms with E-state index in [1.165, 1.54) is 22.3 Å². The number of nitrogens with one attached hydrogen (secondary N) is 2. The summed E-state index contributed by atoms with van der Waals surface area (Å²) in [5.41, 5.74) is 6.14. The topological polar surface area (TPSA) is 129 Å². The summed E-state index contributed by atoms with van der Waals surface area (Å²) in [6.45, 7) is 12.9. The summed E-state index contributed by atoms with van der Waals surface area (Å²) in [6, 6.07) is 14.8. The number of alkyl carbamates (subject to hydrolysis) is 2. The summed E-state index contributed by atoms with van der Waals surface area (Å²) in [6.07, 6.45) is 1.47. The molecule has 10 nitrogen and oxygen atoms in total. The molecular weight excluding hydrogens is 564 g/mol. The third kappa shape index (κ3) is 9.20. The quantitative estimate of drug-likeness (QED) is 0.111. The fourth-order valence-corrected chi connectivity index (χ4v) is 5.25. The number of ether oxygens (including phenoxy) is 4. The molecule has 0 aliphatic heterocycles. The van der Waals surface area contributed by atoms with Gasteiger partial charge in [0.25, 0.3) is 0 Å². The highest BCUT2D eigenvalue weighted by molar-refractivity contribution is 5.87. The molecule has 0 bridgehead atoms. The van der Waals surface area contributed by atoms with Crippen molar-refractivity contribution in [3.8, 4) is 11.1 Å². The maximum absolute atomic E-state index is 12.2. The van der Waals surface area contributed by atoms with E-state index in [9.17, 15) is 19.2 Å². The zero-order valence-electron chi connectivity index (χ0n) is 25.8. The minimum absolute atomic E-state index is 0.0272. The van der Waals surface area contributed by atoms with Gasteiger partial charge in [0.2, 0.25) is 0 Å². The van der Waals surface area contributed by atoms with Crippen molar-refractivity contribution in [2.45, 2.75) is 51.9 Å². The van der Waals surface area contributed by atoms with Crippen molar-refractivity contribution >= 4 is 24.1 Å². The number of rotatable bonds is 16. The highest BCUT2D eigenvalue weighted by atomic mass is 16.6. The standard InChI is InChI=1S/C34H42N2O8/c1-23(2)30(37)41-20-16-35-32(39)43-18-8-14-34(15-9-19-44-33(40)36-17-21-42-31(38)24(3)4)28-11-7-6-10-26(28)27-13-12-25(5)22-29(27)34/h6-7,10-13,22H,1,3,8-9,14-21H2,2,4-5H3,(H,35,39)(H,36,40). The van der Waals surface area contributed by atoms with E-state index in [-0.39, 0.29) is 44.9 Å². The molecule has 0 atom stereocenters. The van der Waals surface area contributed by atoms with Gasteiger partial charge in [0.1, 0.15) is 13.2 Å². The van der Waals surface area contributed by atoms with E-state index in [4.69, 9.17) is 18.9 Å². The normalized spacial score (nSPS) is 12.2. The first-order valence-corrected chi connectivity index (χ1v) is 14.7. The van der Waals surface area contributed by atoms with Crippen molar-refractivity contribution < 1.29 is 38.1 Å². The van der Waals surface area contributed by atoms with Crippen LogP contribution in [0.4, 0.5) is 9.59 Å². The van der Waals surface area contributed by atoms with Crippen LogP contribution in [-0.4, -0.2) is 63.6 Å². The minimum Gasteiger partial charge on any atom is -0.460 e. The third-order valence-electron chi connectivity index (χ3n) is 7.29. The molecule has 0 unspecified atom stereocenters. The lowest BCUT2D eigenvalue weighted by molar-refractivity contribution is -0.139. The van der Waals surface area contributed by atoms with Crippen LogP contribution in [0.25, 0.3) is 11.1 Å². The van der Waals surface area contributed by atoms with Crippen LogP contribution in [0.1, 0.15) is 56.2 Å². The molecule has 2 amide bonds. The Kier molecular flexibility index (Phi) is 12.6. The molecule has 0 spiro atoms. The second-order valence-corrected chi connectivity index (χ2v) is 10.8. The Labute approximate surface area is 258 Å². The maximum Gasteiger partial charge on any atom is 0.407 e. The molecule has 0 fully saturated rings. The summed E-state index contributed by atoms with van der Waals surface area (Å²) in [7, 11) is 0. The molecule has 0 saturated carbocycles. The fourth-order valence-electron chi connectivity index (χ4n) is 5.25. The van der Waals surface area contributed by atoms with E-state index in [1.54, 1.807) is 13.8 Å². The molecule has 2 aromatic carbocycles. The van der Waals surface area contributed by atoms with Gasteiger partial charge in [-0.25, -0.2) is 19.2 Å². The first-order chi connectivity index (χ1) is 21.0. The number of carbonyl (C=O) groups excluding carboxylic acids is 4. The highest BCUT2D eigenvalue weighted by Gasteiger charge is 2.42. The molecule has 0 heterocycles. The predicted molar refractivity (Wildman–Crippen MR) is 166 cm³/mol. The number of amides is 2. The molecular formula is C34H42N2O8. The summed E-state index contributed by atoms with van der Waals surface area (Å²) >= 11 is 0. The maximum atomic E-state index is 12.2. The van der Waals surface area contributed by atoms with Crippen molar-refractivity contribution in [1.82, 2.24) is 10.6 Å². The number of esters is 2. The Morgan fingerprint density at radius 1 is 0.682 bits per heavy atom. The zero-order chi connectivity index (χ0) is 32.1. The van der Waals surface area contributed by atoms with Gasteiger partial charge in [-0.15, -0.1) is 0 Å². The molecule has 3 rings (SSSR count).